The molecule has 0 aromatic carbocycles. The molecule has 21 heavy (non-hydrogen) atoms. The van der Waals surface area contributed by atoms with E-state index >= 15 is 0 Å². The minimum Gasteiger partial charge on any atom is -0.480 e. The summed E-state index contributed by atoms with van der Waals surface area (Å²) in [7, 11) is 0. The predicted molar refractivity (Wildman–Crippen MR) is 78.9 cm³/mol. The van der Waals surface area contributed by atoms with Gasteiger partial charge >= 0.3 is 12.1 Å². The summed E-state index contributed by atoms with van der Waals surface area (Å²) in [4.78, 5) is 23.3. The Morgan fingerprint density at radius 3 is 2.71 bits per heavy atom. The van der Waals surface area contributed by atoms with Crippen molar-refractivity contribution in [2.24, 2.45) is 11.8 Å². The van der Waals surface area contributed by atoms with Crippen molar-refractivity contribution in [3.05, 3.63) is 12.7 Å². The van der Waals surface area contributed by atoms with E-state index < -0.39 is 23.7 Å². The zero-order valence-corrected chi connectivity index (χ0v) is 12.6. The van der Waals surface area contributed by atoms with Crippen LogP contribution in [0.2, 0.25) is 0 Å². The Morgan fingerprint density at radius 2 is 2.14 bits per heavy atom. The van der Waals surface area contributed by atoms with Crippen LogP contribution in [0.3, 0.4) is 0 Å². The van der Waals surface area contributed by atoms with Crippen LogP contribution >= 0.6 is 0 Å². The predicted octanol–water partition coefficient (Wildman–Crippen LogP) is 3.10. The van der Waals surface area contributed by atoms with Gasteiger partial charge in [0, 0.05) is 5.92 Å². The number of allylic oxidation sites excluding steroid dienone is 1. The number of carboxylic acid groups (broad SMARTS) is 1. The molecule has 2 rings (SSSR count). The van der Waals surface area contributed by atoms with Crippen LogP contribution in [0.25, 0.3) is 0 Å². The molecule has 118 valence electrons. The van der Waals surface area contributed by atoms with Crippen LogP contribution in [0.4, 0.5) is 4.79 Å². The number of amides is 1. The number of carbonyl (C=O) groups excluding carboxylic acids is 1. The molecule has 0 heterocycles. The summed E-state index contributed by atoms with van der Waals surface area (Å²) in [6.07, 6.45) is 7.75. The zero-order chi connectivity index (χ0) is 15.5. The van der Waals surface area contributed by atoms with Gasteiger partial charge in [-0.2, -0.15) is 0 Å². The summed E-state index contributed by atoms with van der Waals surface area (Å²) in [5, 5.41) is 11.8. The van der Waals surface area contributed by atoms with Gasteiger partial charge in [0.2, 0.25) is 0 Å². The van der Waals surface area contributed by atoms with Crippen LogP contribution in [0.1, 0.15) is 51.9 Å². The third kappa shape index (κ3) is 3.99. The average Bonchev–Trinajstić information content (AvgIpc) is 2.84. The van der Waals surface area contributed by atoms with Crippen LogP contribution < -0.4 is 5.32 Å². The number of rotatable bonds is 7. The number of carboxylic acids is 1. The first-order valence-electron chi connectivity index (χ1n) is 7.79. The molecule has 0 saturated heterocycles. The van der Waals surface area contributed by atoms with Gasteiger partial charge in [-0.05, 0) is 44.9 Å². The SMILES string of the molecule is C=CCC[C@@H]1C[C@@]1(C)OC(=O)N[C@H](C(=O)O)C1CCCC1. The van der Waals surface area contributed by atoms with Gasteiger partial charge in [-0.15, -0.1) is 6.58 Å². The summed E-state index contributed by atoms with van der Waals surface area (Å²) in [5.74, 6) is -0.586. The highest BCUT2D eigenvalue weighted by atomic mass is 16.6. The number of hydrogen-bond acceptors (Lipinski definition) is 3. The topological polar surface area (TPSA) is 75.6 Å². The third-order valence-electron chi connectivity index (χ3n) is 4.81. The highest BCUT2D eigenvalue weighted by molar-refractivity contribution is 5.80. The molecule has 0 unspecified atom stereocenters. The number of aliphatic carboxylic acids is 1. The molecule has 2 N–H and O–H groups in total. The first kappa shape index (κ1) is 15.9. The van der Waals surface area contributed by atoms with E-state index in [0.29, 0.717) is 5.92 Å². The molecule has 0 radical (unpaired) electrons. The Bertz CT molecular complexity index is 417. The molecule has 0 spiro atoms. The molecule has 2 aliphatic carbocycles. The van der Waals surface area contributed by atoms with Crippen molar-refractivity contribution in [3.63, 3.8) is 0 Å². The van der Waals surface area contributed by atoms with E-state index in [9.17, 15) is 14.7 Å². The standard InChI is InChI=1S/C16H25NO4/c1-3-4-9-12-10-16(12,2)21-15(20)17-13(14(18)19)11-7-5-6-8-11/h3,11-13H,1,4-10H2,2H3,(H,17,20)(H,18,19)/t12-,13+,16-/m1/s1. The number of ether oxygens (including phenoxy) is 1. The van der Waals surface area contributed by atoms with Crippen LogP contribution in [-0.4, -0.2) is 28.8 Å². The monoisotopic (exact) mass is 295 g/mol. The Morgan fingerprint density at radius 1 is 1.48 bits per heavy atom. The van der Waals surface area contributed by atoms with Gasteiger partial charge in [-0.3, -0.25) is 0 Å². The van der Waals surface area contributed by atoms with Gasteiger partial charge < -0.3 is 15.2 Å². The lowest BCUT2D eigenvalue weighted by molar-refractivity contribution is -0.140. The maximum atomic E-state index is 12.0. The van der Waals surface area contributed by atoms with Crippen molar-refractivity contribution in [2.45, 2.75) is 63.5 Å². The van der Waals surface area contributed by atoms with Crippen molar-refractivity contribution in [1.82, 2.24) is 5.32 Å². The summed E-state index contributed by atoms with van der Waals surface area (Å²) in [6.45, 7) is 5.60. The normalized spacial score (nSPS) is 29.7. The maximum Gasteiger partial charge on any atom is 0.408 e. The molecule has 2 saturated carbocycles. The highest BCUT2D eigenvalue weighted by Crippen LogP contribution is 2.49. The highest BCUT2D eigenvalue weighted by Gasteiger charge is 2.53. The number of carbonyl (C=O) groups is 2. The van der Waals surface area contributed by atoms with Gasteiger partial charge in [-0.25, -0.2) is 9.59 Å². The second-order valence-electron chi connectivity index (χ2n) is 6.47. The first-order valence-corrected chi connectivity index (χ1v) is 7.79. The fourth-order valence-electron chi connectivity index (χ4n) is 3.32. The molecule has 0 bridgehead atoms. The van der Waals surface area contributed by atoms with Crippen molar-refractivity contribution < 1.29 is 19.4 Å². The summed E-state index contributed by atoms with van der Waals surface area (Å²) in [6, 6.07) is -0.825. The van der Waals surface area contributed by atoms with Gasteiger partial charge in [0.15, 0.2) is 0 Å². The molecular weight excluding hydrogens is 270 g/mol. The molecule has 0 aliphatic heterocycles. The summed E-state index contributed by atoms with van der Waals surface area (Å²) < 4.78 is 5.45. The largest absolute Gasteiger partial charge is 0.480 e. The first-order chi connectivity index (χ1) is 9.96. The maximum absolute atomic E-state index is 12.0. The molecule has 2 fully saturated rings. The van der Waals surface area contributed by atoms with Crippen molar-refractivity contribution in [1.29, 1.82) is 0 Å². The minimum atomic E-state index is -0.969. The van der Waals surface area contributed by atoms with Gasteiger partial charge in [-0.1, -0.05) is 18.9 Å². The second kappa shape index (κ2) is 6.50. The Balaban J connectivity index is 1.83. The molecule has 3 atom stereocenters. The van der Waals surface area contributed by atoms with Crippen LogP contribution in [-0.2, 0) is 9.53 Å². The van der Waals surface area contributed by atoms with E-state index in [2.05, 4.69) is 11.9 Å². The van der Waals surface area contributed by atoms with Gasteiger partial charge in [0.25, 0.3) is 0 Å². The molecular formula is C16H25NO4. The van der Waals surface area contributed by atoms with E-state index in [4.69, 9.17) is 4.74 Å². The van der Waals surface area contributed by atoms with Crippen LogP contribution in [0.15, 0.2) is 12.7 Å². The van der Waals surface area contributed by atoms with Crippen LogP contribution in [0.5, 0.6) is 0 Å². The van der Waals surface area contributed by atoms with E-state index in [1.165, 1.54) is 0 Å². The molecule has 5 nitrogen and oxygen atoms in total. The zero-order valence-electron chi connectivity index (χ0n) is 12.6. The molecule has 5 heteroatoms. The van der Waals surface area contributed by atoms with Gasteiger partial charge in [0.1, 0.15) is 11.6 Å². The number of hydrogen-bond donors (Lipinski definition) is 2. The van der Waals surface area contributed by atoms with E-state index in [1.54, 1.807) is 0 Å². The smallest absolute Gasteiger partial charge is 0.408 e. The van der Waals surface area contributed by atoms with E-state index in [1.807, 2.05) is 13.0 Å². The van der Waals surface area contributed by atoms with E-state index in [0.717, 1.165) is 44.9 Å². The molecule has 2 aliphatic rings. The van der Waals surface area contributed by atoms with Gasteiger partial charge in [0.05, 0.1) is 0 Å². The number of nitrogens with one attached hydrogen (secondary N) is 1. The quantitative estimate of drug-likeness (QED) is 0.708. The number of alkyl carbamates (subject to hydrolysis) is 1. The van der Waals surface area contributed by atoms with Crippen molar-refractivity contribution in [3.8, 4) is 0 Å². The fraction of sp³-hybridized carbons (Fsp3) is 0.750. The average molecular weight is 295 g/mol. The van der Waals surface area contributed by atoms with Crippen molar-refractivity contribution in [2.75, 3.05) is 0 Å². The third-order valence-corrected chi connectivity index (χ3v) is 4.81. The lowest BCUT2D eigenvalue weighted by atomic mass is 9.98. The minimum absolute atomic E-state index is 0.0265. The summed E-state index contributed by atoms with van der Waals surface area (Å²) >= 11 is 0. The lowest BCUT2D eigenvalue weighted by Crippen LogP contribution is -2.46. The molecule has 0 aromatic rings. The van der Waals surface area contributed by atoms with Crippen molar-refractivity contribution >= 4 is 12.1 Å². The van der Waals surface area contributed by atoms with Crippen LogP contribution in [0, 0.1) is 11.8 Å². The Labute approximate surface area is 125 Å². The fourth-order valence-corrected chi connectivity index (χ4v) is 3.32. The lowest BCUT2D eigenvalue weighted by Gasteiger charge is -2.22. The Hall–Kier alpha value is -1.52. The second-order valence-corrected chi connectivity index (χ2v) is 6.47. The molecule has 0 aromatic heterocycles. The molecule has 1 amide bonds. The van der Waals surface area contributed by atoms with E-state index in [-0.39, 0.29) is 5.92 Å². The Kier molecular flexibility index (Phi) is 4.91. The summed E-state index contributed by atoms with van der Waals surface area (Å²) in [5.41, 5.74) is -0.439.